The molecule has 150 valence electrons. The van der Waals surface area contributed by atoms with Crippen LogP contribution in [0.25, 0.3) is 0 Å². The maximum absolute atomic E-state index is 13.2. The molecule has 1 aliphatic carbocycles. The van der Waals surface area contributed by atoms with Crippen LogP contribution in [-0.4, -0.2) is 43.5 Å². The number of ether oxygens (including phenoxy) is 1. The van der Waals surface area contributed by atoms with Crippen molar-refractivity contribution in [3.8, 4) is 0 Å². The topological polar surface area (TPSA) is 106 Å². The van der Waals surface area contributed by atoms with Crippen molar-refractivity contribution in [1.82, 2.24) is 9.29 Å². The zero-order chi connectivity index (χ0) is 20.3. The Hall–Kier alpha value is -2.36. The number of nitrogens with zero attached hydrogens (tertiary/aromatic N) is 1. The SMILES string of the molecule is CCOC(=O)c1cccn1S(=O)(=O)c1cc(Cl)ccc1NC(=O)CNC1CC1. The van der Waals surface area contributed by atoms with Gasteiger partial charge in [-0.1, -0.05) is 11.6 Å². The number of halogens is 1. The molecule has 8 nitrogen and oxygen atoms in total. The molecule has 2 N–H and O–H groups in total. The van der Waals surface area contributed by atoms with Gasteiger partial charge in [-0.3, -0.25) is 4.79 Å². The van der Waals surface area contributed by atoms with Gasteiger partial charge in [-0.05, 0) is 50.1 Å². The Morgan fingerprint density at radius 3 is 2.71 bits per heavy atom. The summed E-state index contributed by atoms with van der Waals surface area (Å²) in [6.07, 6.45) is 3.29. The van der Waals surface area contributed by atoms with Crippen molar-refractivity contribution in [2.24, 2.45) is 0 Å². The predicted molar refractivity (Wildman–Crippen MR) is 104 cm³/mol. The average Bonchev–Trinajstić information content (AvgIpc) is 3.34. The van der Waals surface area contributed by atoms with E-state index >= 15 is 0 Å². The molecule has 1 aromatic carbocycles. The largest absolute Gasteiger partial charge is 0.461 e. The zero-order valence-electron chi connectivity index (χ0n) is 15.1. The van der Waals surface area contributed by atoms with Gasteiger partial charge in [0.2, 0.25) is 5.91 Å². The summed E-state index contributed by atoms with van der Waals surface area (Å²) in [6.45, 7) is 1.81. The van der Waals surface area contributed by atoms with E-state index in [4.69, 9.17) is 16.3 Å². The van der Waals surface area contributed by atoms with Crippen LogP contribution in [0.3, 0.4) is 0 Å². The molecule has 0 atom stereocenters. The van der Waals surface area contributed by atoms with Crippen molar-refractivity contribution >= 4 is 39.2 Å². The summed E-state index contributed by atoms with van der Waals surface area (Å²) in [5.41, 5.74) is -0.0648. The Morgan fingerprint density at radius 1 is 1.29 bits per heavy atom. The highest BCUT2D eigenvalue weighted by atomic mass is 35.5. The fourth-order valence-corrected chi connectivity index (χ4v) is 4.32. The molecule has 0 radical (unpaired) electrons. The van der Waals surface area contributed by atoms with E-state index in [1.54, 1.807) is 6.92 Å². The average molecular weight is 426 g/mol. The number of esters is 1. The lowest BCUT2D eigenvalue weighted by molar-refractivity contribution is -0.115. The zero-order valence-corrected chi connectivity index (χ0v) is 16.7. The smallest absolute Gasteiger partial charge is 0.355 e. The van der Waals surface area contributed by atoms with Crippen LogP contribution >= 0.6 is 11.6 Å². The lowest BCUT2D eigenvalue weighted by atomic mass is 10.3. The van der Waals surface area contributed by atoms with Gasteiger partial charge in [0, 0.05) is 17.3 Å². The van der Waals surface area contributed by atoms with Crippen LogP contribution in [0.1, 0.15) is 30.3 Å². The standard InChI is InChI=1S/C18H20ClN3O5S/c1-2-27-18(24)15-4-3-9-22(15)28(25,26)16-10-12(19)5-8-14(16)21-17(23)11-20-13-6-7-13/h3-5,8-10,13,20H,2,6-7,11H2,1H3,(H,21,23). The molecule has 3 rings (SSSR count). The van der Waals surface area contributed by atoms with Crippen LogP contribution in [0.15, 0.2) is 41.4 Å². The molecule has 1 aliphatic rings. The lowest BCUT2D eigenvalue weighted by Gasteiger charge is -2.15. The Bertz CT molecular complexity index is 998. The summed E-state index contributed by atoms with van der Waals surface area (Å²) in [4.78, 5) is 24.0. The Morgan fingerprint density at radius 2 is 2.04 bits per heavy atom. The van der Waals surface area contributed by atoms with E-state index in [-0.39, 0.29) is 40.4 Å². The van der Waals surface area contributed by atoms with Crippen LogP contribution in [0, 0.1) is 0 Å². The van der Waals surface area contributed by atoms with Gasteiger partial charge in [-0.25, -0.2) is 17.2 Å². The highest BCUT2D eigenvalue weighted by molar-refractivity contribution is 7.90. The number of hydrogen-bond acceptors (Lipinski definition) is 6. The molecule has 0 bridgehead atoms. The van der Waals surface area contributed by atoms with Gasteiger partial charge in [0.1, 0.15) is 10.6 Å². The molecule has 0 aliphatic heterocycles. The minimum atomic E-state index is -4.21. The number of benzene rings is 1. The van der Waals surface area contributed by atoms with Crippen molar-refractivity contribution in [2.45, 2.75) is 30.7 Å². The van der Waals surface area contributed by atoms with Crippen molar-refractivity contribution in [3.05, 3.63) is 47.2 Å². The summed E-state index contributed by atoms with van der Waals surface area (Å²) in [5.74, 6) is -1.14. The number of nitrogens with one attached hydrogen (secondary N) is 2. The second-order valence-corrected chi connectivity index (χ2v) is 8.48. The quantitative estimate of drug-likeness (QED) is 0.628. The van der Waals surface area contributed by atoms with Crippen molar-refractivity contribution in [1.29, 1.82) is 0 Å². The van der Waals surface area contributed by atoms with E-state index in [1.165, 1.54) is 36.5 Å². The molecule has 1 fully saturated rings. The van der Waals surface area contributed by atoms with Crippen LogP contribution in [-0.2, 0) is 19.6 Å². The van der Waals surface area contributed by atoms with Crippen LogP contribution in [0.5, 0.6) is 0 Å². The normalized spacial score (nSPS) is 13.9. The maximum atomic E-state index is 13.2. The highest BCUT2D eigenvalue weighted by Gasteiger charge is 2.27. The summed E-state index contributed by atoms with van der Waals surface area (Å²) in [6, 6.07) is 7.23. The van der Waals surface area contributed by atoms with Gasteiger partial charge < -0.3 is 15.4 Å². The fourth-order valence-electron chi connectivity index (χ4n) is 2.58. The summed E-state index contributed by atoms with van der Waals surface area (Å²) in [7, 11) is -4.21. The van der Waals surface area contributed by atoms with Crippen molar-refractivity contribution in [2.75, 3.05) is 18.5 Å². The Kier molecular flexibility index (Phi) is 6.07. The molecule has 0 unspecified atom stereocenters. The molecular weight excluding hydrogens is 406 g/mol. The van der Waals surface area contributed by atoms with Gasteiger partial charge in [-0.15, -0.1) is 0 Å². The molecule has 28 heavy (non-hydrogen) atoms. The molecule has 0 spiro atoms. The second-order valence-electron chi connectivity index (χ2n) is 6.26. The monoisotopic (exact) mass is 425 g/mol. The minimum absolute atomic E-state index is 0.0738. The molecule has 0 saturated heterocycles. The second kappa shape index (κ2) is 8.34. The summed E-state index contributed by atoms with van der Waals surface area (Å²) >= 11 is 5.99. The van der Waals surface area contributed by atoms with Crippen LogP contribution < -0.4 is 10.6 Å². The first kappa shape index (κ1) is 20.4. The lowest BCUT2D eigenvalue weighted by Crippen LogP contribution is -2.30. The molecule has 1 saturated carbocycles. The van der Waals surface area contributed by atoms with E-state index in [0.29, 0.717) is 6.04 Å². The summed E-state index contributed by atoms with van der Waals surface area (Å²) < 4.78 is 32.1. The number of hydrogen-bond donors (Lipinski definition) is 2. The van der Waals surface area contributed by atoms with Crippen molar-refractivity contribution < 1.29 is 22.7 Å². The highest BCUT2D eigenvalue weighted by Crippen LogP contribution is 2.28. The van der Waals surface area contributed by atoms with E-state index in [1.807, 2.05) is 0 Å². The number of rotatable bonds is 8. The van der Waals surface area contributed by atoms with Crippen LogP contribution in [0.2, 0.25) is 5.02 Å². The van der Waals surface area contributed by atoms with E-state index in [2.05, 4.69) is 10.6 Å². The molecule has 1 aromatic heterocycles. The van der Waals surface area contributed by atoms with Gasteiger partial charge >= 0.3 is 5.97 Å². The molecule has 10 heteroatoms. The van der Waals surface area contributed by atoms with Gasteiger partial charge in [0.05, 0.1) is 18.8 Å². The first-order valence-electron chi connectivity index (χ1n) is 8.75. The third kappa shape index (κ3) is 4.54. The van der Waals surface area contributed by atoms with Gasteiger partial charge in [0.15, 0.2) is 0 Å². The fraction of sp³-hybridized carbons (Fsp3) is 0.333. The third-order valence-corrected chi connectivity index (χ3v) is 6.05. The molecular formula is C18H20ClN3O5S. The van der Waals surface area contributed by atoms with Gasteiger partial charge in [-0.2, -0.15) is 0 Å². The Labute approximate surface area is 167 Å². The number of aromatic nitrogens is 1. The number of anilines is 1. The van der Waals surface area contributed by atoms with Gasteiger partial charge in [0.25, 0.3) is 10.0 Å². The van der Waals surface area contributed by atoms with E-state index in [0.717, 1.165) is 16.8 Å². The molecule has 2 aromatic rings. The molecule has 1 amide bonds. The van der Waals surface area contributed by atoms with Crippen LogP contribution in [0.4, 0.5) is 5.69 Å². The number of carbonyl (C=O) groups excluding carboxylic acids is 2. The first-order chi connectivity index (χ1) is 13.3. The third-order valence-electron chi connectivity index (χ3n) is 4.08. The number of carbonyl (C=O) groups is 2. The van der Waals surface area contributed by atoms with Crippen molar-refractivity contribution in [3.63, 3.8) is 0 Å². The Balaban J connectivity index is 1.93. The summed E-state index contributed by atoms with van der Waals surface area (Å²) in [5, 5.41) is 5.83. The predicted octanol–water partition coefficient (Wildman–Crippen LogP) is 2.25. The minimum Gasteiger partial charge on any atom is -0.461 e. The van der Waals surface area contributed by atoms with E-state index < -0.39 is 16.0 Å². The first-order valence-corrected chi connectivity index (χ1v) is 10.6. The maximum Gasteiger partial charge on any atom is 0.355 e. The van der Waals surface area contributed by atoms with E-state index in [9.17, 15) is 18.0 Å². The number of amides is 1. The molecule has 1 heterocycles.